The van der Waals surface area contributed by atoms with Crippen LogP contribution in [0.1, 0.15) is 86.0 Å². The third-order valence-corrected chi connectivity index (χ3v) is 10.2. The summed E-state index contributed by atoms with van der Waals surface area (Å²) in [5.74, 6) is -3.81. The van der Waals surface area contributed by atoms with Crippen LogP contribution < -0.4 is 43.8 Å². The van der Waals surface area contributed by atoms with Gasteiger partial charge < -0.3 is 53.8 Å². The maximum atomic E-state index is 13.9. The molecule has 7 atom stereocenters. The molecular formula is C36H66N10O8S2. The number of amides is 6. The van der Waals surface area contributed by atoms with Crippen LogP contribution in [0.25, 0.3) is 0 Å². The highest BCUT2D eigenvalue weighted by Crippen LogP contribution is 2.21. The number of guanidine groups is 1. The summed E-state index contributed by atoms with van der Waals surface area (Å²) in [5, 5.41) is 23.2. The van der Waals surface area contributed by atoms with Crippen molar-refractivity contribution in [2.75, 3.05) is 37.1 Å². The summed E-state index contributed by atoms with van der Waals surface area (Å²) >= 11 is 2.98. The SMILES string of the molecule is CSCC[C@H](NC(=O)[C@@H]1CCCN1C(=O)[C@H](CCSC)NC(=O)[C@H](C)N)C(=O)N[C@@H](CC(C)C)C(=O)N[C@@H](CCCN=C(N)N)C(=O)N[C@@H](CC(C)C)C(=O)O. The maximum Gasteiger partial charge on any atom is 0.326 e. The number of nitrogens with two attached hydrogens (primary N) is 3. The molecule has 0 aromatic carbocycles. The van der Waals surface area contributed by atoms with Crippen LogP contribution in [0.5, 0.6) is 0 Å². The number of thioether (sulfide) groups is 2. The van der Waals surface area contributed by atoms with Gasteiger partial charge in [-0.1, -0.05) is 27.7 Å². The van der Waals surface area contributed by atoms with Crippen LogP contribution in [0.15, 0.2) is 4.99 Å². The zero-order valence-electron chi connectivity index (χ0n) is 33.9. The van der Waals surface area contributed by atoms with Gasteiger partial charge in [-0.25, -0.2) is 4.79 Å². The first-order valence-electron chi connectivity index (χ1n) is 19.2. The average molecular weight is 831 g/mol. The van der Waals surface area contributed by atoms with Gasteiger partial charge in [0.2, 0.25) is 35.4 Å². The lowest BCUT2D eigenvalue weighted by molar-refractivity contribution is -0.143. The van der Waals surface area contributed by atoms with Crippen molar-refractivity contribution in [3.63, 3.8) is 0 Å². The van der Waals surface area contributed by atoms with Crippen molar-refractivity contribution in [1.82, 2.24) is 31.5 Å². The molecular weight excluding hydrogens is 765 g/mol. The Balaban J connectivity index is 3.28. The first kappa shape index (κ1) is 50.2. The van der Waals surface area contributed by atoms with Crippen LogP contribution in [0, 0.1) is 11.8 Å². The largest absolute Gasteiger partial charge is 0.480 e. The molecule has 6 amide bonds. The van der Waals surface area contributed by atoms with Crippen molar-refractivity contribution < 1.29 is 38.7 Å². The van der Waals surface area contributed by atoms with Crippen molar-refractivity contribution in [3.8, 4) is 0 Å². The zero-order chi connectivity index (χ0) is 42.5. The monoisotopic (exact) mass is 830 g/mol. The third-order valence-electron chi connectivity index (χ3n) is 8.96. The number of carboxylic acid groups (broad SMARTS) is 1. The normalized spacial score (nSPS) is 17.2. The lowest BCUT2D eigenvalue weighted by atomic mass is 10.0. The molecule has 1 rings (SSSR count). The molecule has 12 N–H and O–H groups in total. The molecule has 1 aliphatic heterocycles. The van der Waals surface area contributed by atoms with E-state index in [2.05, 4.69) is 31.6 Å². The number of aliphatic imine (C=N–C) groups is 1. The van der Waals surface area contributed by atoms with E-state index in [9.17, 15) is 38.7 Å². The molecule has 1 aliphatic rings. The second kappa shape index (κ2) is 26.2. The predicted molar refractivity (Wildman–Crippen MR) is 220 cm³/mol. The predicted octanol–water partition coefficient (Wildman–Crippen LogP) is -0.515. The minimum absolute atomic E-state index is 0.0384. The summed E-state index contributed by atoms with van der Waals surface area (Å²) in [4.78, 5) is 98.4. The van der Waals surface area contributed by atoms with E-state index in [4.69, 9.17) is 17.2 Å². The van der Waals surface area contributed by atoms with Crippen LogP contribution in [-0.4, -0.2) is 137 Å². The number of carbonyl (C=O) groups excluding carboxylic acids is 6. The van der Waals surface area contributed by atoms with Gasteiger partial charge in [0.1, 0.15) is 36.3 Å². The van der Waals surface area contributed by atoms with Gasteiger partial charge in [-0.05, 0) is 94.1 Å². The topological polar surface area (TPSA) is 294 Å². The van der Waals surface area contributed by atoms with Gasteiger partial charge in [0.05, 0.1) is 6.04 Å². The Hall–Kier alpha value is -3.78. The van der Waals surface area contributed by atoms with E-state index in [1.54, 1.807) is 0 Å². The van der Waals surface area contributed by atoms with Crippen LogP contribution in [0.2, 0.25) is 0 Å². The number of hydrogen-bond donors (Lipinski definition) is 9. The number of nitrogens with one attached hydrogen (secondary N) is 5. The van der Waals surface area contributed by atoms with E-state index in [0.717, 1.165) is 0 Å². The number of aliphatic carboxylic acids is 1. The zero-order valence-corrected chi connectivity index (χ0v) is 35.6. The molecule has 0 unspecified atom stereocenters. The minimum Gasteiger partial charge on any atom is -0.480 e. The molecule has 56 heavy (non-hydrogen) atoms. The first-order chi connectivity index (χ1) is 26.3. The maximum absolute atomic E-state index is 13.9. The van der Waals surface area contributed by atoms with E-state index in [-0.39, 0.29) is 56.4 Å². The first-order valence-corrected chi connectivity index (χ1v) is 21.9. The van der Waals surface area contributed by atoms with E-state index in [1.807, 2.05) is 40.2 Å². The Bertz CT molecular complexity index is 1350. The van der Waals surface area contributed by atoms with Crippen LogP contribution in [0.3, 0.4) is 0 Å². The molecule has 320 valence electrons. The number of carboxylic acids is 1. The van der Waals surface area contributed by atoms with E-state index in [0.29, 0.717) is 37.3 Å². The van der Waals surface area contributed by atoms with E-state index < -0.39 is 83.7 Å². The van der Waals surface area contributed by atoms with Crippen molar-refractivity contribution in [3.05, 3.63) is 0 Å². The molecule has 1 saturated heterocycles. The van der Waals surface area contributed by atoms with Gasteiger partial charge in [-0.15, -0.1) is 0 Å². The molecule has 0 saturated carbocycles. The summed E-state index contributed by atoms with van der Waals surface area (Å²) in [6.45, 7) is 9.33. The Labute approximate surface area is 339 Å². The molecule has 1 fully saturated rings. The van der Waals surface area contributed by atoms with Crippen molar-refractivity contribution >= 4 is 70.9 Å². The summed E-state index contributed by atoms with van der Waals surface area (Å²) in [7, 11) is 0. The molecule has 0 spiro atoms. The fourth-order valence-corrected chi connectivity index (χ4v) is 7.00. The minimum atomic E-state index is -1.21. The number of rotatable bonds is 26. The molecule has 0 aliphatic carbocycles. The molecule has 1 heterocycles. The van der Waals surface area contributed by atoms with Gasteiger partial charge in [-0.2, -0.15) is 23.5 Å². The van der Waals surface area contributed by atoms with Crippen molar-refractivity contribution in [2.45, 2.75) is 128 Å². The lowest BCUT2D eigenvalue weighted by Gasteiger charge is -2.30. The smallest absolute Gasteiger partial charge is 0.326 e. The molecule has 20 heteroatoms. The summed E-state index contributed by atoms with van der Waals surface area (Å²) in [6.07, 6.45) is 5.90. The second-order valence-electron chi connectivity index (χ2n) is 14.9. The van der Waals surface area contributed by atoms with E-state index in [1.165, 1.54) is 35.3 Å². The highest BCUT2D eigenvalue weighted by atomic mass is 32.2. The third kappa shape index (κ3) is 18.4. The standard InChI is InChI=1S/C36H66N10O8S2/c1-20(2)18-26(32(50)41-23(10-8-14-40-36(38)39)30(48)45-27(35(53)54)19-21(3)4)44-31(49)24(12-16-55-6)42-33(51)28-11-9-15-46(28)34(52)25(13-17-56-7)43-29(47)22(5)37/h20-28H,8-19,37H2,1-7H3,(H,41,50)(H,42,51)(H,43,47)(H,44,49)(H,45,48)(H,53,54)(H4,38,39,40)/t22-,23-,24-,25-,26-,27-,28-/m0/s1. The number of likely N-dealkylation sites (tertiary alicyclic amines) is 1. The number of carbonyl (C=O) groups is 7. The van der Waals surface area contributed by atoms with Gasteiger partial charge in [0.15, 0.2) is 5.96 Å². The molecule has 18 nitrogen and oxygen atoms in total. The average Bonchev–Trinajstić information content (AvgIpc) is 3.61. The summed E-state index contributed by atoms with van der Waals surface area (Å²) < 4.78 is 0. The van der Waals surface area contributed by atoms with Crippen LogP contribution in [-0.2, 0) is 33.6 Å². The van der Waals surface area contributed by atoms with Gasteiger partial charge in [-0.3, -0.25) is 33.8 Å². The lowest BCUT2D eigenvalue weighted by Crippen LogP contribution is -2.59. The van der Waals surface area contributed by atoms with Crippen molar-refractivity contribution in [2.24, 2.45) is 34.0 Å². The highest BCUT2D eigenvalue weighted by molar-refractivity contribution is 7.98. The fraction of sp³-hybridized carbons (Fsp3) is 0.778. The molecule has 0 bridgehead atoms. The molecule has 0 radical (unpaired) electrons. The Morgan fingerprint density at radius 2 is 1.20 bits per heavy atom. The number of hydrogen-bond acceptors (Lipinski definition) is 11. The van der Waals surface area contributed by atoms with E-state index >= 15 is 0 Å². The second-order valence-corrected chi connectivity index (χ2v) is 16.9. The van der Waals surface area contributed by atoms with Gasteiger partial charge >= 0.3 is 5.97 Å². The molecule has 0 aromatic heterocycles. The molecule has 0 aromatic rings. The Kier molecular flexibility index (Phi) is 23.5. The van der Waals surface area contributed by atoms with Crippen LogP contribution in [0.4, 0.5) is 0 Å². The highest BCUT2D eigenvalue weighted by Gasteiger charge is 2.39. The van der Waals surface area contributed by atoms with Gasteiger partial charge in [0, 0.05) is 13.1 Å². The fourth-order valence-electron chi connectivity index (χ4n) is 6.06. The summed E-state index contributed by atoms with van der Waals surface area (Å²) in [5.41, 5.74) is 16.6. The van der Waals surface area contributed by atoms with Crippen molar-refractivity contribution in [1.29, 1.82) is 0 Å². The van der Waals surface area contributed by atoms with Gasteiger partial charge in [0.25, 0.3) is 0 Å². The van der Waals surface area contributed by atoms with Crippen LogP contribution >= 0.6 is 23.5 Å². The Morgan fingerprint density at radius 3 is 1.71 bits per heavy atom. The quantitative estimate of drug-likeness (QED) is 0.0302. The summed E-state index contributed by atoms with van der Waals surface area (Å²) in [6, 6.07) is -7.12. The number of nitrogens with zero attached hydrogens (tertiary/aromatic N) is 2. The Morgan fingerprint density at radius 1 is 0.714 bits per heavy atom.